The lowest BCUT2D eigenvalue weighted by Crippen LogP contribution is -2.31. The average molecular weight is 327 g/mol. The summed E-state index contributed by atoms with van der Waals surface area (Å²) < 4.78 is 5.65. The third-order valence-corrected chi connectivity index (χ3v) is 3.14. The van der Waals surface area contributed by atoms with Crippen molar-refractivity contribution >= 4 is 23.5 Å². The quantitative estimate of drug-likeness (QED) is 0.484. The summed E-state index contributed by atoms with van der Waals surface area (Å²) in [6, 6.07) is 17.8. The zero-order valence-corrected chi connectivity index (χ0v) is 14.1. The van der Waals surface area contributed by atoms with Crippen molar-refractivity contribution in [2.45, 2.75) is 26.5 Å². The number of hydrogen-bond acceptors (Lipinski definition) is 3. The van der Waals surface area contributed by atoms with Gasteiger partial charge in [-0.3, -0.25) is 5.43 Å². The highest BCUT2D eigenvalue weighted by molar-refractivity contribution is 7.80. The van der Waals surface area contributed by atoms with E-state index in [0.717, 1.165) is 11.3 Å². The number of thiocarbonyl (C=S) groups is 1. The molecular weight excluding hydrogens is 306 g/mol. The lowest BCUT2D eigenvalue weighted by atomic mass is 10.2. The van der Waals surface area contributed by atoms with E-state index in [2.05, 4.69) is 15.8 Å². The molecule has 120 valence electrons. The zero-order valence-electron chi connectivity index (χ0n) is 13.3. The molecule has 0 heterocycles. The van der Waals surface area contributed by atoms with E-state index in [1.54, 1.807) is 6.21 Å². The van der Waals surface area contributed by atoms with E-state index in [1.807, 2.05) is 68.4 Å². The van der Waals surface area contributed by atoms with Crippen LogP contribution < -0.4 is 15.5 Å². The molecule has 0 amide bonds. The van der Waals surface area contributed by atoms with E-state index in [9.17, 15) is 0 Å². The van der Waals surface area contributed by atoms with Crippen molar-refractivity contribution in [1.29, 1.82) is 0 Å². The highest BCUT2D eigenvalue weighted by Crippen LogP contribution is 2.13. The van der Waals surface area contributed by atoms with Crippen LogP contribution in [0, 0.1) is 0 Å². The zero-order chi connectivity index (χ0) is 16.5. The van der Waals surface area contributed by atoms with Crippen molar-refractivity contribution in [2.24, 2.45) is 5.10 Å². The lowest BCUT2D eigenvalue weighted by Gasteiger charge is -2.09. The predicted octanol–water partition coefficient (Wildman–Crippen LogP) is 3.47. The Hall–Kier alpha value is -2.40. The van der Waals surface area contributed by atoms with Crippen molar-refractivity contribution in [3.05, 3.63) is 65.7 Å². The van der Waals surface area contributed by atoms with Gasteiger partial charge in [0.1, 0.15) is 5.75 Å². The van der Waals surface area contributed by atoms with Crippen molar-refractivity contribution in [1.82, 2.24) is 10.7 Å². The summed E-state index contributed by atoms with van der Waals surface area (Å²) in [5, 5.41) is 7.73. The maximum Gasteiger partial charge on any atom is 0.187 e. The van der Waals surface area contributed by atoms with Crippen LogP contribution in [0.2, 0.25) is 0 Å². The highest BCUT2D eigenvalue weighted by atomic mass is 32.1. The van der Waals surface area contributed by atoms with Crippen molar-refractivity contribution in [3.63, 3.8) is 0 Å². The van der Waals surface area contributed by atoms with Crippen LogP contribution >= 0.6 is 12.2 Å². The molecule has 0 aliphatic rings. The van der Waals surface area contributed by atoms with Gasteiger partial charge in [0.15, 0.2) is 5.11 Å². The van der Waals surface area contributed by atoms with E-state index in [4.69, 9.17) is 17.0 Å². The van der Waals surface area contributed by atoms with Crippen molar-refractivity contribution < 1.29 is 4.74 Å². The third-order valence-electron chi connectivity index (χ3n) is 2.91. The van der Waals surface area contributed by atoms with Crippen molar-refractivity contribution in [2.75, 3.05) is 0 Å². The molecule has 0 spiro atoms. The third kappa shape index (κ3) is 6.48. The van der Waals surface area contributed by atoms with Gasteiger partial charge in [-0.05, 0) is 49.3 Å². The second-order valence-corrected chi connectivity index (χ2v) is 5.69. The monoisotopic (exact) mass is 327 g/mol. The first-order valence-electron chi connectivity index (χ1n) is 7.51. The first-order valence-corrected chi connectivity index (χ1v) is 7.92. The van der Waals surface area contributed by atoms with Crippen LogP contribution in [0.1, 0.15) is 25.0 Å². The summed E-state index contributed by atoms with van der Waals surface area (Å²) in [6.45, 7) is 4.66. The van der Waals surface area contributed by atoms with Crippen molar-refractivity contribution in [3.8, 4) is 5.75 Å². The van der Waals surface area contributed by atoms with Gasteiger partial charge >= 0.3 is 0 Å². The van der Waals surface area contributed by atoms with Crippen LogP contribution in [0.5, 0.6) is 5.75 Å². The van der Waals surface area contributed by atoms with Crippen LogP contribution in [0.25, 0.3) is 0 Å². The van der Waals surface area contributed by atoms with Gasteiger partial charge in [0.2, 0.25) is 0 Å². The Morgan fingerprint density at radius 2 is 1.96 bits per heavy atom. The predicted molar refractivity (Wildman–Crippen MR) is 98.8 cm³/mol. The van der Waals surface area contributed by atoms with E-state index in [-0.39, 0.29) is 6.10 Å². The Morgan fingerprint density at radius 1 is 1.17 bits per heavy atom. The maximum atomic E-state index is 5.65. The lowest BCUT2D eigenvalue weighted by molar-refractivity contribution is 0.242. The molecule has 0 atom stereocenters. The molecule has 0 aliphatic carbocycles. The molecule has 0 bridgehead atoms. The minimum Gasteiger partial charge on any atom is -0.491 e. The number of benzene rings is 2. The van der Waals surface area contributed by atoms with Gasteiger partial charge in [-0.2, -0.15) is 5.10 Å². The first kappa shape index (κ1) is 17.0. The second-order valence-electron chi connectivity index (χ2n) is 5.28. The molecule has 23 heavy (non-hydrogen) atoms. The van der Waals surface area contributed by atoms with Crippen LogP contribution in [0.4, 0.5) is 0 Å². The van der Waals surface area contributed by atoms with Crippen LogP contribution in [0.3, 0.4) is 0 Å². The Morgan fingerprint density at radius 3 is 2.70 bits per heavy atom. The fourth-order valence-corrected chi connectivity index (χ4v) is 2.05. The molecule has 0 saturated heterocycles. The molecule has 0 unspecified atom stereocenters. The minimum absolute atomic E-state index is 0.148. The summed E-state index contributed by atoms with van der Waals surface area (Å²) in [7, 11) is 0. The van der Waals surface area contributed by atoms with Gasteiger partial charge < -0.3 is 10.1 Å². The van der Waals surface area contributed by atoms with Gasteiger partial charge in [-0.15, -0.1) is 0 Å². The Bertz CT molecular complexity index is 656. The highest BCUT2D eigenvalue weighted by Gasteiger charge is 1.98. The molecule has 4 nitrogen and oxygen atoms in total. The molecule has 0 radical (unpaired) electrons. The summed E-state index contributed by atoms with van der Waals surface area (Å²) in [6.07, 6.45) is 1.86. The Labute approximate surface area is 142 Å². The number of rotatable bonds is 6. The van der Waals surface area contributed by atoms with Crippen LogP contribution in [0.15, 0.2) is 59.7 Å². The maximum absolute atomic E-state index is 5.65. The molecule has 0 fully saturated rings. The van der Waals surface area contributed by atoms with Gasteiger partial charge in [-0.1, -0.05) is 42.5 Å². The molecule has 0 saturated carbocycles. The van der Waals surface area contributed by atoms with Gasteiger partial charge in [-0.25, -0.2) is 0 Å². The smallest absolute Gasteiger partial charge is 0.187 e. The van der Waals surface area contributed by atoms with Crippen LogP contribution in [-0.2, 0) is 6.54 Å². The largest absolute Gasteiger partial charge is 0.491 e. The number of nitrogens with one attached hydrogen (secondary N) is 2. The summed E-state index contributed by atoms with van der Waals surface area (Å²) in [5.74, 6) is 0.828. The topological polar surface area (TPSA) is 45.6 Å². The van der Waals surface area contributed by atoms with E-state index >= 15 is 0 Å². The molecule has 0 aliphatic heterocycles. The molecule has 5 heteroatoms. The molecule has 2 aromatic rings. The second kappa shape index (κ2) is 8.90. The fraction of sp³-hybridized carbons (Fsp3) is 0.222. The molecule has 2 rings (SSSR count). The average Bonchev–Trinajstić information content (AvgIpc) is 2.54. The van der Waals surface area contributed by atoms with Gasteiger partial charge in [0, 0.05) is 6.54 Å². The number of ether oxygens (including phenoxy) is 1. The Kier molecular flexibility index (Phi) is 6.56. The molecule has 0 aromatic heterocycles. The van der Waals surface area contributed by atoms with E-state index < -0.39 is 0 Å². The standard InChI is InChI=1S/C18H21N3OS/c1-14(2)22-17-10-6-9-16(11-17)13-20-21-18(23)19-12-15-7-4-3-5-8-15/h3-11,13-14H,12H2,1-2H3,(H2,19,21,23)/b20-13-. The number of nitrogens with zero attached hydrogens (tertiary/aromatic N) is 1. The van der Waals surface area contributed by atoms with Gasteiger partial charge in [0.25, 0.3) is 0 Å². The SMILES string of the molecule is CC(C)Oc1cccc(/C=N\NC(=S)NCc2ccccc2)c1. The van der Waals surface area contributed by atoms with Gasteiger partial charge in [0.05, 0.1) is 12.3 Å². The molecule has 2 N–H and O–H groups in total. The minimum atomic E-state index is 0.148. The first-order chi connectivity index (χ1) is 11.1. The number of hydrazone groups is 1. The molecule has 2 aromatic carbocycles. The fourth-order valence-electron chi connectivity index (χ4n) is 1.92. The normalized spacial score (nSPS) is 10.7. The number of hydrogen-bond donors (Lipinski definition) is 2. The molecular formula is C18H21N3OS. The summed E-state index contributed by atoms with van der Waals surface area (Å²) >= 11 is 5.19. The van der Waals surface area contributed by atoms with E-state index in [1.165, 1.54) is 5.56 Å². The Balaban J connectivity index is 1.80. The van der Waals surface area contributed by atoms with E-state index in [0.29, 0.717) is 11.7 Å². The van der Waals surface area contributed by atoms with Crippen LogP contribution in [-0.4, -0.2) is 17.4 Å². The summed E-state index contributed by atoms with van der Waals surface area (Å²) in [4.78, 5) is 0. The summed E-state index contributed by atoms with van der Waals surface area (Å²) in [5.41, 5.74) is 4.92.